The maximum Gasteiger partial charge on any atom is 0.420 e. The number of para-hydroxylation sites is 2. The van der Waals surface area contributed by atoms with Gasteiger partial charge in [-0.15, -0.1) is 0 Å². The zero-order valence-electron chi connectivity index (χ0n) is 16.7. The molecule has 1 amide bonds. The highest BCUT2D eigenvalue weighted by atomic mass is 16.5. The summed E-state index contributed by atoms with van der Waals surface area (Å²) in [6.07, 6.45) is 0.309. The second-order valence-corrected chi connectivity index (χ2v) is 7.64. The van der Waals surface area contributed by atoms with E-state index in [0.29, 0.717) is 35.8 Å². The van der Waals surface area contributed by atoms with Crippen LogP contribution in [0, 0.1) is 13.8 Å². The Labute approximate surface area is 171 Å². The number of amides is 1. The molecule has 0 saturated carbocycles. The molecule has 8 heteroatoms. The van der Waals surface area contributed by atoms with Gasteiger partial charge in [-0.25, -0.2) is 4.79 Å². The van der Waals surface area contributed by atoms with Gasteiger partial charge < -0.3 is 13.8 Å². The van der Waals surface area contributed by atoms with E-state index in [1.807, 2.05) is 38.1 Å². The molecule has 152 valence electrons. The first-order valence-corrected chi connectivity index (χ1v) is 9.78. The average molecular weight is 404 g/mol. The molecule has 0 N–H and O–H groups in total. The van der Waals surface area contributed by atoms with Crippen LogP contribution in [0.2, 0.25) is 0 Å². The minimum absolute atomic E-state index is 0.0278. The summed E-state index contributed by atoms with van der Waals surface area (Å²) in [6.45, 7) is 4.70. The van der Waals surface area contributed by atoms with Crippen LogP contribution in [0.4, 0.5) is 5.69 Å². The number of oxazole rings is 1. The number of anilines is 1. The minimum atomic E-state index is -0.473. The van der Waals surface area contributed by atoms with Gasteiger partial charge in [0, 0.05) is 18.7 Å². The molecule has 0 spiro atoms. The molecular weight excluding hydrogens is 384 g/mol. The lowest BCUT2D eigenvalue weighted by molar-refractivity contribution is -0.117. The second kappa shape index (κ2) is 6.98. The predicted octanol–water partition coefficient (Wildman–Crippen LogP) is 3.16. The summed E-state index contributed by atoms with van der Waals surface area (Å²) in [5.41, 5.74) is 4.39. The van der Waals surface area contributed by atoms with Crippen LogP contribution < -0.4 is 10.7 Å². The quantitative estimate of drug-likeness (QED) is 0.519. The van der Waals surface area contributed by atoms with Crippen molar-refractivity contribution < 1.29 is 13.7 Å². The molecule has 1 atom stereocenters. The molecule has 1 aliphatic rings. The van der Waals surface area contributed by atoms with Crippen LogP contribution in [0.15, 0.2) is 56.2 Å². The van der Waals surface area contributed by atoms with E-state index in [2.05, 4.69) is 10.1 Å². The van der Waals surface area contributed by atoms with E-state index in [0.717, 1.165) is 11.3 Å². The smallest absolute Gasteiger partial charge is 0.408 e. The first-order valence-electron chi connectivity index (χ1n) is 9.78. The van der Waals surface area contributed by atoms with Crippen molar-refractivity contribution in [3.05, 3.63) is 75.9 Å². The van der Waals surface area contributed by atoms with Crippen LogP contribution in [0.5, 0.6) is 0 Å². The minimum Gasteiger partial charge on any atom is -0.408 e. The van der Waals surface area contributed by atoms with E-state index in [1.54, 1.807) is 23.1 Å². The fourth-order valence-corrected chi connectivity index (χ4v) is 3.82. The van der Waals surface area contributed by atoms with Crippen molar-refractivity contribution in [1.82, 2.24) is 14.7 Å². The zero-order chi connectivity index (χ0) is 20.8. The Bertz CT molecular complexity index is 1320. The lowest BCUT2D eigenvalue weighted by Crippen LogP contribution is -2.24. The van der Waals surface area contributed by atoms with E-state index in [1.165, 1.54) is 10.1 Å². The van der Waals surface area contributed by atoms with E-state index >= 15 is 0 Å². The van der Waals surface area contributed by atoms with Gasteiger partial charge in [0.2, 0.25) is 11.8 Å². The summed E-state index contributed by atoms with van der Waals surface area (Å²) < 4.78 is 12.1. The number of rotatable bonds is 4. The van der Waals surface area contributed by atoms with Crippen molar-refractivity contribution in [1.29, 1.82) is 0 Å². The molecule has 1 fully saturated rings. The highest BCUT2D eigenvalue weighted by molar-refractivity contribution is 5.96. The third-order valence-electron chi connectivity index (χ3n) is 5.63. The molecule has 30 heavy (non-hydrogen) atoms. The first-order chi connectivity index (χ1) is 14.5. The largest absolute Gasteiger partial charge is 0.420 e. The van der Waals surface area contributed by atoms with Crippen molar-refractivity contribution in [3.8, 4) is 0 Å². The van der Waals surface area contributed by atoms with Crippen LogP contribution in [0.1, 0.15) is 35.2 Å². The molecule has 5 rings (SSSR count). The monoisotopic (exact) mass is 404 g/mol. The molecule has 0 aliphatic carbocycles. The van der Waals surface area contributed by atoms with Gasteiger partial charge in [-0.05, 0) is 49.2 Å². The molecule has 1 saturated heterocycles. The van der Waals surface area contributed by atoms with Gasteiger partial charge in [0.1, 0.15) is 0 Å². The fraction of sp³-hybridized carbons (Fsp3) is 0.273. The third kappa shape index (κ3) is 3.10. The first kappa shape index (κ1) is 18.4. The molecule has 0 radical (unpaired) electrons. The number of carbonyl (C=O) groups is 1. The van der Waals surface area contributed by atoms with Crippen LogP contribution in [0.25, 0.3) is 11.1 Å². The maximum absolute atomic E-state index is 12.6. The molecule has 1 unspecified atom stereocenters. The fourth-order valence-electron chi connectivity index (χ4n) is 3.82. The number of aromatic nitrogens is 3. The topological polar surface area (TPSA) is 94.4 Å². The second-order valence-electron chi connectivity index (χ2n) is 7.64. The highest BCUT2D eigenvalue weighted by Gasteiger charge is 2.35. The van der Waals surface area contributed by atoms with Crippen LogP contribution in [-0.4, -0.2) is 27.2 Å². The van der Waals surface area contributed by atoms with Crippen molar-refractivity contribution in [3.63, 3.8) is 0 Å². The van der Waals surface area contributed by atoms with Gasteiger partial charge in [0.05, 0.1) is 18.0 Å². The molecule has 1 aliphatic heterocycles. The molecule has 2 aromatic heterocycles. The number of fused-ring (bicyclic) bond motifs is 1. The van der Waals surface area contributed by atoms with Gasteiger partial charge in [-0.3, -0.25) is 9.36 Å². The van der Waals surface area contributed by atoms with Gasteiger partial charge in [-0.1, -0.05) is 23.4 Å². The number of benzene rings is 2. The Morgan fingerprint density at radius 1 is 1.10 bits per heavy atom. The summed E-state index contributed by atoms with van der Waals surface area (Å²) in [4.78, 5) is 31.0. The zero-order valence-corrected chi connectivity index (χ0v) is 16.7. The van der Waals surface area contributed by atoms with Gasteiger partial charge in [0.25, 0.3) is 0 Å². The normalized spacial score (nSPS) is 16.7. The lowest BCUT2D eigenvalue weighted by Gasteiger charge is -2.17. The number of carbonyl (C=O) groups excluding carboxylic acids is 1. The Balaban J connectivity index is 1.37. The van der Waals surface area contributed by atoms with Crippen LogP contribution in [-0.2, 0) is 11.3 Å². The predicted molar refractivity (Wildman–Crippen MR) is 110 cm³/mol. The van der Waals surface area contributed by atoms with Gasteiger partial charge in [0.15, 0.2) is 11.4 Å². The molecule has 3 heterocycles. The summed E-state index contributed by atoms with van der Waals surface area (Å²) in [5, 5.41) is 4.01. The number of hydrogen-bond donors (Lipinski definition) is 0. The van der Waals surface area contributed by atoms with E-state index in [4.69, 9.17) is 8.94 Å². The molecule has 0 bridgehead atoms. The number of aryl methyl sites for hydroxylation is 2. The van der Waals surface area contributed by atoms with E-state index in [-0.39, 0.29) is 18.4 Å². The van der Waals surface area contributed by atoms with Crippen LogP contribution >= 0.6 is 0 Å². The molecular formula is C22H20N4O4. The number of nitrogens with zero attached hydrogens (tertiary/aromatic N) is 4. The Morgan fingerprint density at radius 3 is 2.77 bits per heavy atom. The Hall–Kier alpha value is -3.68. The van der Waals surface area contributed by atoms with Crippen LogP contribution in [0.3, 0.4) is 0 Å². The molecule has 8 nitrogen and oxygen atoms in total. The van der Waals surface area contributed by atoms with E-state index < -0.39 is 5.76 Å². The van der Waals surface area contributed by atoms with Gasteiger partial charge >= 0.3 is 5.76 Å². The summed E-state index contributed by atoms with van der Waals surface area (Å²) in [7, 11) is 0. The SMILES string of the molecule is Cc1ccc(N2CC(c3nc(Cn4c(=O)oc5ccccc54)no3)CC2=O)cc1C. The standard InChI is InChI=1S/C22H20N4O4/c1-13-7-8-16(9-14(13)2)25-11-15(10-20(25)27)21-23-19(24-30-21)12-26-17-5-3-4-6-18(17)29-22(26)28/h3-9,15H,10-12H2,1-2H3. The lowest BCUT2D eigenvalue weighted by atomic mass is 10.1. The summed E-state index contributed by atoms with van der Waals surface area (Å²) in [5.74, 6) is 0.152. The third-order valence-corrected chi connectivity index (χ3v) is 5.63. The molecule has 4 aromatic rings. The number of hydrogen-bond acceptors (Lipinski definition) is 6. The Morgan fingerprint density at radius 2 is 1.93 bits per heavy atom. The van der Waals surface area contributed by atoms with Crippen molar-refractivity contribution >= 4 is 22.7 Å². The van der Waals surface area contributed by atoms with Gasteiger partial charge in [-0.2, -0.15) is 4.98 Å². The highest BCUT2D eigenvalue weighted by Crippen LogP contribution is 2.32. The van der Waals surface area contributed by atoms with Crippen molar-refractivity contribution in [2.75, 3.05) is 11.4 Å². The maximum atomic E-state index is 12.6. The Kier molecular flexibility index (Phi) is 4.27. The van der Waals surface area contributed by atoms with E-state index in [9.17, 15) is 9.59 Å². The van der Waals surface area contributed by atoms with Crippen molar-refractivity contribution in [2.24, 2.45) is 0 Å². The summed E-state index contributed by atoms with van der Waals surface area (Å²) >= 11 is 0. The van der Waals surface area contributed by atoms with Crippen molar-refractivity contribution in [2.45, 2.75) is 32.7 Å². The average Bonchev–Trinajstić information content (AvgIpc) is 3.42. The summed E-state index contributed by atoms with van der Waals surface area (Å²) in [6, 6.07) is 13.2. The molecule has 2 aromatic carbocycles.